The van der Waals surface area contributed by atoms with E-state index < -0.39 is 12.1 Å². The van der Waals surface area contributed by atoms with Gasteiger partial charge in [-0.2, -0.15) is 0 Å². The fraction of sp³-hybridized carbons (Fsp3) is 0.914. The van der Waals surface area contributed by atoms with Crippen LogP contribution in [0.1, 0.15) is 386 Å². The minimum Gasteiger partial charge on any atom is -0.466 e. The van der Waals surface area contributed by atoms with Gasteiger partial charge in [0.2, 0.25) is 5.91 Å². The Labute approximate surface area is 475 Å². The Balaban J connectivity index is 3.44. The number of nitrogens with one attached hydrogen (secondary N) is 1. The van der Waals surface area contributed by atoms with Crippen LogP contribution in [0.2, 0.25) is 0 Å². The Morgan fingerprint density at radius 2 is 0.618 bits per heavy atom. The summed E-state index contributed by atoms with van der Waals surface area (Å²) in [6.07, 6.45) is 82.4. The Morgan fingerprint density at radius 1 is 0.355 bits per heavy atom. The van der Waals surface area contributed by atoms with Crippen molar-refractivity contribution in [2.24, 2.45) is 0 Å². The Kier molecular flexibility index (Phi) is 64.4. The van der Waals surface area contributed by atoms with Crippen LogP contribution in [0.5, 0.6) is 0 Å². The average Bonchev–Trinajstić information content (AvgIpc) is 3.42. The maximum absolute atomic E-state index is 12.5. The molecule has 2 unspecified atom stereocenters. The third-order valence-corrected chi connectivity index (χ3v) is 16.2. The van der Waals surface area contributed by atoms with Crippen molar-refractivity contribution in [2.75, 3.05) is 13.2 Å². The van der Waals surface area contributed by atoms with Crippen LogP contribution in [0.15, 0.2) is 24.3 Å². The summed E-state index contributed by atoms with van der Waals surface area (Å²) in [7, 11) is 0. The maximum atomic E-state index is 12.5. The monoisotopic (exact) mass is 1070 g/mol. The number of carbonyl (C=O) groups excluding carboxylic acids is 2. The summed E-state index contributed by atoms with van der Waals surface area (Å²) in [6.45, 7) is 4.93. The first-order valence-corrected chi connectivity index (χ1v) is 34.6. The highest BCUT2D eigenvalue weighted by Crippen LogP contribution is 2.18. The second-order valence-electron chi connectivity index (χ2n) is 23.9. The molecule has 3 N–H and O–H groups in total. The molecule has 0 saturated heterocycles. The third kappa shape index (κ3) is 61.6. The van der Waals surface area contributed by atoms with E-state index in [0.717, 1.165) is 57.8 Å². The molecule has 0 aromatic rings. The fourth-order valence-corrected chi connectivity index (χ4v) is 10.9. The topological polar surface area (TPSA) is 95.9 Å². The molecule has 6 heteroatoms. The highest BCUT2D eigenvalue weighted by atomic mass is 16.5. The predicted molar refractivity (Wildman–Crippen MR) is 333 cm³/mol. The molecule has 0 bridgehead atoms. The molecule has 0 aromatic heterocycles. The number of unbranched alkanes of at least 4 members (excludes halogenated alkanes) is 52. The van der Waals surface area contributed by atoms with Gasteiger partial charge in [0.1, 0.15) is 0 Å². The van der Waals surface area contributed by atoms with Crippen molar-refractivity contribution >= 4 is 11.9 Å². The second kappa shape index (κ2) is 65.9. The van der Waals surface area contributed by atoms with Crippen LogP contribution in [0, 0.1) is 0 Å². The van der Waals surface area contributed by atoms with Crippen LogP contribution in [-0.4, -0.2) is 47.4 Å². The van der Waals surface area contributed by atoms with E-state index in [1.807, 2.05) is 6.08 Å². The Bertz CT molecular complexity index is 1190. The summed E-state index contributed by atoms with van der Waals surface area (Å²) in [6, 6.07) is -0.639. The zero-order valence-electron chi connectivity index (χ0n) is 51.5. The number of aliphatic hydroxyl groups is 2. The van der Waals surface area contributed by atoms with Crippen molar-refractivity contribution in [3.8, 4) is 0 Å². The van der Waals surface area contributed by atoms with Crippen molar-refractivity contribution in [3.05, 3.63) is 24.3 Å². The minimum absolute atomic E-state index is 0.00784. The van der Waals surface area contributed by atoms with Gasteiger partial charge in [0.15, 0.2) is 0 Å². The molecule has 6 nitrogen and oxygen atoms in total. The van der Waals surface area contributed by atoms with E-state index in [-0.39, 0.29) is 18.5 Å². The SMILES string of the molecule is CCCCCCCCCCCCCCCCCCCCCC/C=C/C(O)C(CO)NC(=O)CCCCCCC/C=C\CCCCCCCCCCCOC(=O)CCCCCCCCCCCCCCCCCCCCC. The largest absolute Gasteiger partial charge is 0.466 e. The van der Waals surface area contributed by atoms with Crippen molar-refractivity contribution in [1.82, 2.24) is 5.32 Å². The molecule has 0 fully saturated rings. The summed E-state index contributed by atoms with van der Waals surface area (Å²) in [4.78, 5) is 24.6. The van der Waals surface area contributed by atoms with Crippen LogP contribution in [-0.2, 0) is 14.3 Å². The van der Waals surface area contributed by atoms with Gasteiger partial charge >= 0.3 is 5.97 Å². The second-order valence-corrected chi connectivity index (χ2v) is 23.9. The highest BCUT2D eigenvalue weighted by molar-refractivity contribution is 5.76. The van der Waals surface area contributed by atoms with E-state index in [4.69, 9.17) is 4.74 Å². The first-order valence-electron chi connectivity index (χ1n) is 34.6. The molecule has 0 rings (SSSR count). The third-order valence-electron chi connectivity index (χ3n) is 16.2. The number of rotatable bonds is 65. The molecular weight excluding hydrogens is 935 g/mol. The van der Waals surface area contributed by atoms with Gasteiger partial charge in [-0.1, -0.05) is 340 Å². The van der Waals surface area contributed by atoms with Crippen molar-refractivity contribution in [2.45, 2.75) is 398 Å². The number of allylic oxidation sites excluding steroid dienone is 3. The van der Waals surface area contributed by atoms with E-state index in [1.165, 1.54) is 302 Å². The molecule has 0 aliphatic carbocycles. The maximum Gasteiger partial charge on any atom is 0.305 e. The van der Waals surface area contributed by atoms with E-state index in [2.05, 4.69) is 31.3 Å². The number of esters is 1. The van der Waals surface area contributed by atoms with Gasteiger partial charge in [-0.25, -0.2) is 0 Å². The van der Waals surface area contributed by atoms with Crippen molar-refractivity contribution in [3.63, 3.8) is 0 Å². The number of hydrogen-bond donors (Lipinski definition) is 3. The normalized spacial score (nSPS) is 12.6. The van der Waals surface area contributed by atoms with Crippen molar-refractivity contribution in [1.29, 1.82) is 0 Å². The number of hydrogen-bond acceptors (Lipinski definition) is 5. The molecule has 1 amide bonds. The fourth-order valence-electron chi connectivity index (χ4n) is 10.9. The van der Waals surface area contributed by atoms with Gasteiger partial charge in [-0.05, 0) is 57.8 Å². The smallest absolute Gasteiger partial charge is 0.305 e. The molecule has 0 radical (unpaired) electrons. The molecule has 76 heavy (non-hydrogen) atoms. The van der Waals surface area contributed by atoms with Gasteiger partial charge in [-0.3, -0.25) is 9.59 Å². The number of aliphatic hydroxyl groups excluding tert-OH is 2. The first kappa shape index (κ1) is 74.3. The van der Waals surface area contributed by atoms with Crippen LogP contribution in [0.3, 0.4) is 0 Å². The van der Waals surface area contributed by atoms with E-state index >= 15 is 0 Å². The lowest BCUT2D eigenvalue weighted by Crippen LogP contribution is -2.45. The lowest BCUT2D eigenvalue weighted by Gasteiger charge is -2.20. The summed E-state index contributed by atoms with van der Waals surface area (Å²) in [5.74, 6) is -0.0704. The van der Waals surface area contributed by atoms with E-state index in [1.54, 1.807) is 6.08 Å². The Hall–Kier alpha value is -1.66. The molecule has 0 saturated carbocycles. The van der Waals surface area contributed by atoms with Crippen LogP contribution < -0.4 is 5.32 Å². The molecule has 2 atom stereocenters. The molecule has 450 valence electrons. The van der Waals surface area contributed by atoms with Gasteiger partial charge in [-0.15, -0.1) is 0 Å². The number of amides is 1. The van der Waals surface area contributed by atoms with Crippen LogP contribution in [0.4, 0.5) is 0 Å². The summed E-state index contributed by atoms with van der Waals surface area (Å²) >= 11 is 0. The number of carbonyl (C=O) groups is 2. The van der Waals surface area contributed by atoms with Gasteiger partial charge < -0.3 is 20.3 Å². The highest BCUT2D eigenvalue weighted by Gasteiger charge is 2.18. The zero-order chi connectivity index (χ0) is 55.0. The van der Waals surface area contributed by atoms with Gasteiger partial charge in [0, 0.05) is 12.8 Å². The predicted octanol–water partition coefficient (Wildman–Crippen LogP) is 22.1. The zero-order valence-corrected chi connectivity index (χ0v) is 51.5. The van der Waals surface area contributed by atoms with Gasteiger partial charge in [0.25, 0.3) is 0 Å². The van der Waals surface area contributed by atoms with Crippen LogP contribution in [0.25, 0.3) is 0 Å². The average molecular weight is 1070 g/mol. The standard InChI is InChI=1S/C70H135NO5/c1-3-5-7-9-11-13-15-17-19-21-23-24-25-27-30-34-38-42-46-50-54-58-62-68(73)67(66-72)71-69(74)63-59-55-51-47-43-39-35-31-28-29-33-37-41-45-49-53-57-61-65-76-70(75)64-60-56-52-48-44-40-36-32-26-22-20-18-16-14-12-10-8-6-4-2/h31,35,58,62,67-68,72-73H,3-30,32-34,36-57,59-61,63-66H2,1-2H3,(H,71,74)/b35-31-,62-58+. The molecule has 0 aromatic carbocycles. The lowest BCUT2D eigenvalue weighted by atomic mass is 10.0. The van der Waals surface area contributed by atoms with Gasteiger partial charge in [0.05, 0.1) is 25.4 Å². The molecule has 0 aliphatic rings. The van der Waals surface area contributed by atoms with Crippen molar-refractivity contribution < 1.29 is 24.5 Å². The Morgan fingerprint density at radius 3 is 0.934 bits per heavy atom. The molecule has 0 spiro atoms. The molecule has 0 heterocycles. The summed E-state index contributed by atoms with van der Waals surface area (Å²) < 4.78 is 5.50. The quantitative estimate of drug-likeness (QED) is 0.0320. The van der Waals surface area contributed by atoms with E-state index in [0.29, 0.717) is 19.4 Å². The van der Waals surface area contributed by atoms with Crippen LogP contribution >= 0.6 is 0 Å². The number of ether oxygens (including phenoxy) is 1. The summed E-state index contributed by atoms with van der Waals surface area (Å²) in [5, 5.41) is 23.2. The first-order chi connectivity index (χ1) is 37.5. The van der Waals surface area contributed by atoms with E-state index in [9.17, 15) is 19.8 Å². The molecular formula is C70H135NO5. The summed E-state index contributed by atoms with van der Waals surface area (Å²) in [5.41, 5.74) is 0. The lowest BCUT2D eigenvalue weighted by molar-refractivity contribution is -0.143. The minimum atomic E-state index is -0.854. The molecule has 0 aliphatic heterocycles.